The number of benzene rings is 1. The van der Waals surface area contributed by atoms with E-state index in [-0.39, 0.29) is 17.9 Å². The van der Waals surface area contributed by atoms with Crippen molar-refractivity contribution in [2.75, 3.05) is 26.5 Å². The maximum Gasteiger partial charge on any atom is 0.240 e. The van der Waals surface area contributed by atoms with Crippen molar-refractivity contribution in [2.24, 2.45) is 5.92 Å². The molecule has 11 heteroatoms. The van der Waals surface area contributed by atoms with Crippen LogP contribution >= 0.6 is 23.4 Å². The van der Waals surface area contributed by atoms with Gasteiger partial charge in [-0.1, -0.05) is 18.2 Å². The van der Waals surface area contributed by atoms with Gasteiger partial charge in [-0.15, -0.1) is 23.4 Å². The molecule has 0 spiro atoms. The van der Waals surface area contributed by atoms with E-state index in [1.807, 2.05) is 24.3 Å². The van der Waals surface area contributed by atoms with Gasteiger partial charge in [-0.2, -0.15) is 0 Å². The number of thioether (sulfide) groups is 1. The molecule has 1 aromatic carbocycles. The summed E-state index contributed by atoms with van der Waals surface area (Å²) in [5.41, 5.74) is 1.50. The van der Waals surface area contributed by atoms with Crippen LogP contribution in [0.25, 0.3) is 5.57 Å². The van der Waals surface area contributed by atoms with E-state index < -0.39 is 47.3 Å². The van der Waals surface area contributed by atoms with Gasteiger partial charge in [-0.05, 0) is 42.9 Å². The molecule has 200 valence electrons. The Bertz CT molecular complexity index is 931. The van der Waals surface area contributed by atoms with Gasteiger partial charge in [-0.25, -0.2) is 0 Å². The molecule has 5 N–H and O–H groups in total. The van der Waals surface area contributed by atoms with Crippen molar-refractivity contribution in [1.82, 2.24) is 10.6 Å². The number of ether oxygens (including phenoxy) is 3. The van der Waals surface area contributed by atoms with Crippen molar-refractivity contribution >= 4 is 34.8 Å². The topological polar surface area (TPSA) is 130 Å². The average Bonchev–Trinajstić information content (AvgIpc) is 3.16. The number of alkyl halides is 1. The SMILES string of the molecule is COc1ccc(C2=CCO[C@@H]3[C@H](CN[C@@H]3C(=O)N[C@@H](C3OC(SC)C(O)C(O)C3O)[C@H](C)Cl)C2)cc1. The first-order chi connectivity index (χ1) is 17.2. The molecule has 1 amide bonds. The fraction of sp³-hybridized carbons (Fsp3) is 0.640. The zero-order valence-electron chi connectivity index (χ0n) is 20.5. The molecular weight excluding hydrogens is 508 g/mol. The first-order valence-electron chi connectivity index (χ1n) is 12.1. The van der Waals surface area contributed by atoms with E-state index in [0.29, 0.717) is 13.2 Å². The number of halogens is 1. The Labute approximate surface area is 220 Å². The van der Waals surface area contributed by atoms with Gasteiger partial charge in [0.05, 0.1) is 31.2 Å². The molecule has 3 aliphatic heterocycles. The minimum absolute atomic E-state index is 0.0952. The summed E-state index contributed by atoms with van der Waals surface area (Å²) in [5, 5.41) is 36.7. The number of nitrogens with one attached hydrogen (secondary N) is 2. The van der Waals surface area contributed by atoms with E-state index in [9.17, 15) is 20.1 Å². The van der Waals surface area contributed by atoms with Crippen LogP contribution in [0.4, 0.5) is 0 Å². The summed E-state index contributed by atoms with van der Waals surface area (Å²) in [6.45, 7) is 2.68. The second-order valence-corrected chi connectivity index (χ2v) is 11.1. The van der Waals surface area contributed by atoms with Crippen molar-refractivity contribution in [3.05, 3.63) is 35.9 Å². The number of amides is 1. The van der Waals surface area contributed by atoms with Crippen LogP contribution in [0.15, 0.2) is 30.3 Å². The van der Waals surface area contributed by atoms with E-state index in [1.54, 1.807) is 20.3 Å². The molecule has 10 atom stereocenters. The van der Waals surface area contributed by atoms with Crippen LogP contribution in [0.5, 0.6) is 5.75 Å². The van der Waals surface area contributed by atoms with E-state index in [4.69, 9.17) is 25.8 Å². The fourth-order valence-corrected chi connectivity index (χ4v) is 6.08. The summed E-state index contributed by atoms with van der Waals surface area (Å²) in [5.74, 6) is 0.574. The largest absolute Gasteiger partial charge is 0.497 e. The highest BCUT2D eigenvalue weighted by Gasteiger charge is 2.49. The Balaban J connectivity index is 1.43. The first-order valence-corrected chi connectivity index (χ1v) is 13.8. The summed E-state index contributed by atoms with van der Waals surface area (Å²) >= 11 is 7.62. The summed E-state index contributed by atoms with van der Waals surface area (Å²) in [7, 11) is 1.64. The van der Waals surface area contributed by atoms with Gasteiger partial charge < -0.3 is 40.2 Å². The minimum atomic E-state index is -1.42. The number of carbonyl (C=O) groups excluding carboxylic acids is 1. The first kappa shape index (κ1) is 27.7. The van der Waals surface area contributed by atoms with Crippen molar-refractivity contribution in [3.63, 3.8) is 0 Å². The lowest BCUT2D eigenvalue weighted by Crippen LogP contribution is -2.65. The maximum atomic E-state index is 13.4. The molecule has 2 fully saturated rings. The van der Waals surface area contributed by atoms with Gasteiger partial charge in [-0.3, -0.25) is 4.79 Å². The molecule has 0 radical (unpaired) electrons. The van der Waals surface area contributed by atoms with Crippen molar-refractivity contribution in [1.29, 1.82) is 0 Å². The lowest BCUT2D eigenvalue weighted by Gasteiger charge is -2.44. The number of fused-ring (bicyclic) bond motifs is 1. The van der Waals surface area contributed by atoms with Gasteiger partial charge in [0, 0.05) is 12.5 Å². The number of hydrogen-bond acceptors (Lipinski definition) is 9. The average molecular weight is 543 g/mol. The van der Waals surface area contributed by atoms with Gasteiger partial charge >= 0.3 is 0 Å². The maximum absolute atomic E-state index is 13.4. The van der Waals surface area contributed by atoms with Gasteiger partial charge in [0.2, 0.25) is 5.91 Å². The number of carbonyl (C=O) groups is 1. The molecule has 3 aliphatic rings. The standard InChI is InChI=1S/C25H35ClN2O7S/c1-12(26)17(23-20(30)19(29)21(31)25(35-23)36-3)28-24(32)18-22-15(11-27-18)10-14(8-9-34-22)13-4-6-16(33-2)7-5-13/h4-8,12,15,17-23,25,27,29-31H,9-11H2,1-3H3,(H,28,32)/t12-,15-,17+,18-,19?,20?,21?,22+,23?,25?/m0/s1. The van der Waals surface area contributed by atoms with Crippen LogP contribution < -0.4 is 15.4 Å². The van der Waals surface area contributed by atoms with Crippen molar-refractivity contribution in [2.45, 2.75) is 66.8 Å². The van der Waals surface area contributed by atoms with Crippen molar-refractivity contribution in [3.8, 4) is 5.75 Å². The smallest absolute Gasteiger partial charge is 0.240 e. The highest BCUT2D eigenvalue weighted by Crippen LogP contribution is 2.34. The Hall–Kier alpha value is -1.37. The lowest BCUT2D eigenvalue weighted by molar-refractivity contribution is -0.205. The summed E-state index contributed by atoms with van der Waals surface area (Å²) < 4.78 is 17.2. The Morgan fingerprint density at radius 2 is 1.94 bits per heavy atom. The predicted molar refractivity (Wildman–Crippen MR) is 138 cm³/mol. The number of aliphatic hydroxyl groups excluding tert-OH is 3. The Kier molecular flexibility index (Phi) is 9.22. The number of allylic oxidation sites excluding steroid dienone is 1. The van der Waals surface area contributed by atoms with Crippen LogP contribution in [-0.4, -0.2) is 101 Å². The normalized spacial score (nSPS) is 36.2. The van der Waals surface area contributed by atoms with Crippen LogP contribution in [0.1, 0.15) is 18.9 Å². The third-order valence-corrected chi connectivity index (χ3v) is 8.36. The number of aliphatic hydroxyl groups is 3. The van der Waals surface area contributed by atoms with Gasteiger partial charge in [0.15, 0.2) is 0 Å². The molecule has 0 aliphatic carbocycles. The molecule has 0 aromatic heterocycles. The molecule has 0 saturated carbocycles. The molecule has 3 heterocycles. The van der Waals surface area contributed by atoms with E-state index in [1.165, 1.54) is 11.8 Å². The highest BCUT2D eigenvalue weighted by molar-refractivity contribution is 7.99. The highest BCUT2D eigenvalue weighted by atomic mass is 35.5. The molecule has 0 bridgehead atoms. The van der Waals surface area contributed by atoms with E-state index in [2.05, 4.69) is 16.7 Å². The third-order valence-electron chi connectivity index (χ3n) is 7.23. The monoisotopic (exact) mass is 542 g/mol. The molecule has 4 rings (SSSR count). The van der Waals surface area contributed by atoms with Crippen molar-refractivity contribution < 1.29 is 34.3 Å². The molecule has 2 saturated heterocycles. The Morgan fingerprint density at radius 3 is 2.58 bits per heavy atom. The van der Waals surface area contributed by atoms with E-state index >= 15 is 0 Å². The lowest BCUT2D eigenvalue weighted by atomic mass is 9.90. The summed E-state index contributed by atoms with van der Waals surface area (Å²) in [6.07, 6.45) is -0.875. The molecule has 1 aromatic rings. The van der Waals surface area contributed by atoms with Gasteiger partial charge in [0.1, 0.15) is 41.6 Å². The van der Waals surface area contributed by atoms with Crippen LogP contribution in [0.2, 0.25) is 0 Å². The Morgan fingerprint density at radius 1 is 1.22 bits per heavy atom. The third kappa shape index (κ3) is 5.71. The zero-order valence-corrected chi connectivity index (χ0v) is 22.1. The second-order valence-electron chi connectivity index (χ2n) is 9.49. The molecule has 9 nitrogen and oxygen atoms in total. The molecule has 5 unspecified atom stereocenters. The molecule has 36 heavy (non-hydrogen) atoms. The van der Waals surface area contributed by atoms with Crippen LogP contribution in [0, 0.1) is 5.92 Å². The molecular formula is C25H35ClN2O7S. The summed E-state index contributed by atoms with van der Waals surface area (Å²) in [6, 6.07) is 6.49. The van der Waals surface area contributed by atoms with Crippen LogP contribution in [0.3, 0.4) is 0 Å². The minimum Gasteiger partial charge on any atom is -0.497 e. The number of hydrogen-bond donors (Lipinski definition) is 5. The number of methoxy groups -OCH3 is 1. The number of rotatable bonds is 7. The predicted octanol–water partition coefficient (Wildman–Crippen LogP) is 0.738. The quantitative estimate of drug-likeness (QED) is 0.317. The zero-order chi connectivity index (χ0) is 26.0. The summed E-state index contributed by atoms with van der Waals surface area (Å²) in [4.78, 5) is 13.4. The van der Waals surface area contributed by atoms with Crippen LogP contribution in [-0.2, 0) is 14.3 Å². The fourth-order valence-electron chi connectivity index (χ4n) is 5.19. The second kappa shape index (κ2) is 12.0. The van der Waals surface area contributed by atoms with E-state index in [0.717, 1.165) is 23.3 Å². The van der Waals surface area contributed by atoms with Gasteiger partial charge in [0.25, 0.3) is 0 Å².